The molecule has 0 bridgehead atoms. The van der Waals surface area contributed by atoms with Crippen molar-refractivity contribution in [3.8, 4) is 0 Å². The Labute approximate surface area is 142 Å². The van der Waals surface area contributed by atoms with Crippen LogP contribution in [0.1, 0.15) is 47.0 Å². The van der Waals surface area contributed by atoms with Gasteiger partial charge in [0, 0.05) is 32.8 Å². The van der Waals surface area contributed by atoms with Crippen LogP contribution in [-0.4, -0.2) is 61.8 Å². The van der Waals surface area contributed by atoms with Crippen molar-refractivity contribution in [2.24, 2.45) is 22.7 Å². The largest absolute Gasteiger partial charge is 0.396 e. The number of aliphatic hydroxyl groups excluding tert-OH is 1. The third-order valence-corrected chi connectivity index (χ3v) is 4.57. The molecule has 0 radical (unpaired) electrons. The van der Waals surface area contributed by atoms with E-state index in [9.17, 15) is 5.11 Å². The predicted molar refractivity (Wildman–Crippen MR) is 98.9 cm³/mol. The lowest BCUT2D eigenvalue weighted by Crippen LogP contribution is -2.40. The van der Waals surface area contributed by atoms with Crippen LogP contribution in [0, 0.1) is 17.8 Å². The molecule has 5 heteroatoms. The van der Waals surface area contributed by atoms with Crippen LogP contribution in [0.25, 0.3) is 0 Å². The fourth-order valence-electron chi connectivity index (χ4n) is 3.30. The third kappa shape index (κ3) is 8.56. The first kappa shape index (κ1) is 20.2. The molecule has 136 valence electrons. The Morgan fingerprint density at radius 3 is 2.65 bits per heavy atom. The Kier molecular flexibility index (Phi) is 10.3. The summed E-state index contributed by atoms with van der Waals surface area (Å²) in [5.41, 5.74) is 0. The Morgan fingerprint density at radius 2 is 2.09 bits per heavy atom. The average Bonchev–Trinajstić information content (AvgIpc) is 2.97. The quantitative estimate of drug-likeness (QED) is 0.424. The smallest absolute Gasteiger partial charge is 0.191 e. The highest BCUT2D eigenvalue weighted by atomic mass is 16.3. The van der Waals surface area contributed by atoms with Gasteiger partial charge in [-0.3, -0.25) is 4.99 Å². The zero-order valence-corrected chi connectivity index (χ0v) is 15.6. The molecule has 2 unspecified atom stereocenters. The minimum atomic E-state index is 0.256. The summed E-state index contributed by atoms with van der Waals surface area (Å²) in [6.45, 7) is 15.3. The second-order valence-electron chi connectivity index (χ2n) is 7.16. The Morgan fingerprint density at radius 1 is 1.30 bits per heavy atom. The lowest BCUT2D eigenvalue weighted by Gasteiger charge is -2.19. The van der Waals surface area contributed by atoms with E-state index < -0.39 is 0 Å². The lowest BCUT2D eigenvalue weighted by atomic mass is 9.94. The molecule has 0 saturated carbocycles. The summed E-state index contributed by atoms with van der Waals surface area (Å²) in [5.74, 6) is 2.77. The fraction of sp³-hybridized carbons (Fsp3) is 0.944. The molecule has 1 aliphatic rings. The molecule has 1 aliphatic heterocycles. The van der Waals surface area contributed by atoms with Gasteiger partial charge in [-0.15, -0.1) is 0 Å². The molecule has 1 heterocycles. The number of likely N-dealkylation sites (tertiary alicyclic amines) is 1. The van der Waals surface area contributed by atoms with Crippen LogP contribution in [-0.2, 0) is 0 Å². The molecule has 1 saturated heterocycles. The number of aliphatic imine (C=N–C) groups is 1. The predicted octanol–water partition coefficient (Wildman–Crippen LogP) is 1.93. The number of aliphatic hydroxyl groups is 1. The van der Waals surface area contributed by atoms with Crippen molar-refractivity contribution in [3.63, 3.8) is 0 Å². The molecule has 5 nitrogen and oxygen atoms in total. The minimum absolute atomic E-state index is 0.256. The van der Waals surface area contributed by atoms with Crippen LogP contribution in [0.15, 0.2) is 4.99 Å². The molecule has 0 amide bonds. The average molecular weight is 327 g/mol. The molecular weight excluding hydrogens is 288 g/mol. The van der Waals surface area contributed by atoms with Crippen molar-refractivity contribution in [1.29, 1.82) is 0 Å². The Hall–Kier alpha value is -0.810. The van der Waals surface area contributed by atoms with Gasteiger partial charge in [0.1, 0.15) is 0 Å². The van der Waals surface area contributed by atoms with Crippen molar-refractivity contribution in [2.75, 3.05) is 45.9 Å². The molecule has 0 aromatic carbocycles. The van der Waals surface area contributed by atoms with Gasteiger partial charge in [0.2, 0.25) is 0 Å². The van der Waals surface area contributed by atoms with Crippen molar-refractivity contribution < 1.29 is 5.11 Å². The van der Waals surface area contributed by atoms with Gasteiger partial charge in [-0.25, -0.2) is 0 Å². The summed E-state index contributed by atoms with van der Waals surface area (Å²) in [5, 5.41) is 16.1. The second-order valence-corrected chi connectivity index (χ2v) is 7.16. The van der Waals surface area contributed by atoms with Gasteiger partial charge in [-0.2, -0.15) is 0 Å². The first-order valence-corrected chi connectivity index (χ1v) is 9.44. The van der Waals surface area contributed by atoms with Crippen LogP contribution in [0.4, 0.5) is 0 Å². The molecule has 2 atom stereocenters. The molecule has 1 fully saturated rings. The maximum atomic E-state index is 9.23. The minimum Gasteiger partial charge on any atom is -0.396 e. The topological polar surface area (TPSA) is 59.9 Å². The maximum Gasteiger partial charge on any atom is 0.191 e. The van der Waals surface area contributed by atoms with Gasteiger partial charge >= 0.3 is 0 Å². The summed E-state index contributed by atoms with van der Waals surface area (Å²) in [7, 11) is 0. The van der Waals surface area contributed by atoms with Crippen LogP contribution in [0.2, 0.25) is 0 Å². The molecule has 0 aromatic rings. The number of hydrogen-bond donors (Lipinski definition) is 3. The summed E-state index contributed by atoms with van der Waals surface area (Å²) < 4.78 is 0. The summed E-state index contributed by atoms with van der Waals surface area (Å²) in [4.78, 5) is 7.27. The van der Waals surface area contributed by atoms with Crippen LogP contribution in [0.5, 0.6) is 0 Å². The van der Waals surface area contributed by atoms with Crippen molar-refractivity contribution in [3.05, 3.63) is 0 Å². The molecule has 0 aromatic heterocycles. The first-order valence-electron chi connectivity index (χ1n) is 9.44. The normalized spacial score (nSPS) is 21.0. The van der Waals surface area contributed by atoms with E-state index in [-0.39, 0.29) is 6.61 Å². The summed E-state index contributed by atoms with van der Waals surface area (Å²) in [6, 6.07) is 0. The highest BCUT2D eigenvalue weighted by Crippen LogP contribution is 2.16. The molecule has 23 heavy (non-hydrogen) atoms. The molecule has 1 rings (SSSR count). The van der Waals surface area contributed by atoms with Crippen LogP contribution < -0.4 is 10.6 Å². The Bertz CT molecular complexity index is 333. The zero-order valence-electron chi connectivity index (χ0n) is 15.6. The van der Waals surface area contributed by atoms with E-state index >= 15 is 0 Å². The zero-order chi connectivity index (χ0) is 17.1. The van der Waals surface area contributed by atoms with Crippen molar-refractivity contribution in [2.45, 2.75) is 47.0 Å². The highest BCUT2D eigenvalue weighted by Gasteiger charge is 2.21. The lowest BCUT2D eigenvalue weighted by molar-refractivity contribution is 0.245. The molecule has 0 aliphatic carbocycles. The van der Waals surface area contributed by atoms with E-state index in [4.69, 9.17) is 4.99 Å². The van der Waals surface area contributed by atoms with Gasteiger partial charge in [-0.1, -0.05) is 20.8 Å². The van der Waals surface area contributed by atoms with Gasteiger partial charge in [0.05, 0.1) is 0 Å². The summed E-state index contributed by atoms with van der Waals surface area (Å²) in [6.07, 6.45) is 3.24. The number of rotatable bonds is 10. The van der Waals surface area contributed by atoms with Gasteiger partial charge in [0.25, 0.3) is 0 Å². The van der Waals surface area contributed by atoms with Gasteiger partial charge in [-0.05, 0) is 57.0 Å². The molecule has 0 spiro atoms. The SMILES string of the molecule is CCNC(=NCC(CCO)CC(C)C)NCC1CCN(CC)C1. The van der Waals surface area contributed by atoms with E-state index in [1.54, 1.807) is 0 Å². The monoisotopic (exact) mass is 326 g/mol. The summed E-state index contributed by atoms with van der Waals surface area (Å²) >= 11 is 0. The maximum absolute atomic E-state index is 9.23. The van der Waals surface area contributed by atoms with Crippen LogP contribution in [0.3, 0.4) is 0 Å². The van der Waals surface area contributed by atoms with Gasteiger partial charge in [0.15, 0.2) is 5.96 Å². The van der Waals surface area contributed by atoms with Gasteiger partial charge < -0.3 is 20.6 Å². The Balaban J connectivity index is 2.44. The fourth-order valence-corrected chi connectivity index (χ4v) is 3.30. The number of hydrogen-bond acceptors (Lipinski definition) is 3. The molecule has 3 N–H and O–H groups in total. The van der Waals surface area contributed by atoms with E-state index in [0.717, 1.165) is 50.9 Å². The molecular formula is C18H38N4O. The van der Waals surface area contributed by atoms with E-state index in [0.29, 0.717) is 11.8 Å². The van der Waals surface area contributed by atoms with Crippen molar-refractivity contribution >= 4 is 5.96 Å². The highest BCUT2D eigenvalue weighted by molar-refractivity contribution is 5.79. The van der Waals surface area contributed by atoms with Crippen molar-refractivity contribution in [1.82, 2.24) is 15.5 Å². The van der Waals surface area contributed by atoms with Crippen LogP contribution >= 0.6 is 0 Å². The van der Waals surface area contributed by atoms with E-state index in [1.165, 1.54) is 19.5 Å². The number of guanidine groups is 1. The second kappa shape index (κ2) is 11.7. The number of nitrogens with zero attached hydrogens (tertiary/aromatic N) is 2. The van der Waals surface area contributed by atoms with E-state index in [2.05, 4.69) is 43.2 Å². The number of nitrogens with one attached hydrogen (secondary N) is 2. The standard InChI is InChI=1S/C18H38N4O/c1-5-19-18(20-12-16(8-10-23)11-15(3)4)21-13-17-7-9-22(6-2)14-17/h15-17,23H,5-14H2,1-4H3,(H2,19,20,21). The third-order valence-electron chi connectivity index (χ3n) is 4.57. The first-order chi connectivity index (χ1) is 11.1. The van der Waals surface area contributed by atoms with E-state index in [1.807, 2.05) is 0 Å².